The van der Waals surface area contributed by atoms with Crippen molar-refractivity contribution in [2.24, 2.45) is 0 Å². The molecule has 0 aromatic heterocycles. The van der Waals surface area contributed by atoms with Crippen molar-refractivity contribution >= 4 is 21.8 Å². The minimum Gasteiger partial charge on any atom is -0.507 e. The zero-order chi connectivity index (χ0) is 12.3. The van der Waals surface area contributed by atoms with Gasteiger partial charge in [0.05, 0.1) is 10.1 Å². The Morgan fingerprint density at radius 2 is 2.12 bits per heavy atom. The summed E-state index contributed by atoms with van der Waals surface area (Å²) in [5.74, 6) is -0.319. The molecule has 1 aromatic rings. The molecule has 0 spiro atoms. The summed E-state index contributed by atoms with van der Waals surface area (Å²) in [5, 5.41) is 21.4. The maximum absolute atomic E-state index is 11.6. The van der Waals surface area contributed by atoms with Crippen LogP contribution in [0.4, 0.5) is 0 Å². The lowest BCUT2D eigenvalue weighted by Gasteiger charge is -2.17. The van der Waals surface area contributed by atoms with Gasteiger partial charge in [-0.25, -0.2) is 0 Å². The van der Waals surface area contributed by atoms with Crippen LogP contribution in [0.3, 0.4) is 0 Å². The van der Waals surface area contributed by atoms with Gasteiger partial charge in [-0.15, -0.1) is 0 Å². The average Bonchev–Trinajstić information content (AvgIpc) is 2.17. The van der Waals surface area contributed by atoms with Crippen molar-refractivity contribution in [1.82, 2.24) is 5.32 Å². The van der Waals surface area contributed by atoms with E-state index in [2.05, 4.69) is 21.2 Å². The van der Waals surface area contributed by atoms with Crippen molar-refractivity contribution in [3.05, 3.63) is 28.2 Å². The highest BCUT2D eigenvalue weighted by Gasteiger charge is 2.15. The fourth-order valence-electron chi connectivity index (χ4n) is 1.05. The van der Waals surface area contributed by atoms with Gasteiger partial charge in [0.25, 0.3) is 5.91 Å². The monoisotopic (exact) mass is 287 g/mol. The Morgan fingerprint density at radius 3 is 2.62 bits per heavy atom. The van der Waals surface area contributed by atoms with Gasteiger partial charge < -0.3 is 15.5 Å². The van der Waals surface area contributed by atoms with Crippen LogP contribution in [0.2, 0.25) is 0 Å². The maximum Gasteiger partial charge on any atom is 0.251 e. The van der Waals surface area contributed by atoms with Crippen molar-refractivity contribution in [2.45, 2.75) is 19.4 Å². The van der Waals surface area contributed by atoms with E-state index in [1.54, 1.807) is 26.0 Å². The first-order chi connectivity index (χ1) is 7.29. The molecule has 4 nitrogen and oxygen atoms in total. The zero-order valence-electron chi connectivity index (χ0n) is 9.12. The fraction of sp³-hybridized carbons (Fsp3) is 0.364. The van der Waals surface area contributed by atoms with Crippen molar-refractivity contribution < 1.29 is 15.0 Å². The summed E-state index contributed by atoms with van der Waals surface area (Å²) in [5.41, 5.74) is -0.600. The Morgan fingerprint density at radius 1 is 1.50 bits per heavy atom. The van der Waals surface area contributed by atoms with Crippen LogP contribution in [-0.4, -0.2) is 28.3 Å². The van der Waals surface area contributed by atoms with Gasteiger partial charge in [0, 0.05) is 12.1 Å². The fourth-order valence-corrected chi connectivity index (χ4v) is 1.30. The van der Waals surface area contributed by atoms with E-state index in [1.165, 1.54) is 6.07 Å². The van der Waals surface area contributed by atoms with E-state index in [1.807, 2.05) is 0 Å². The van der Waals surface area contributed by atoms with Crippen LogP contribution < -0.4 is 5.32 Å². The third kappa shape index (κ3) is 3.83. The number of aromatic hydroxyl groups is 1. The minimum atomic E-state index is -0.951. The molecule has 0 saturated carbocycles. The second-order valence-electron chi connectivity index (χ2n) is 4.16. The summed E-state index contributed by atoms with van der Waals surface area (Å²) in [6, 6.07) is 4.54. The van der Waals surface area contributed by atoms with E-state index in [4.69, 9.17) is 0 Å². The van der Waals surface area contributed by atoms with Crippen LogP contribution in [0, 0.1) is 0 Å². The predicted octanol–water partition coefficient (Wildman–Crippen LogP) is 1.66. The molecule has 0 aliphatic carbocycles. The van der Waals surface area contributed by atoms with E-state index < -0.39 is 5.60 Å². The molecule has 1 aromatic carbocycles. The molecule has 0 radical (unpaired) electrons. The molecule has 0 heterocycles. The highest BCUT2D eigenvalue weighted by Crippen LogP contribution is 2.24. The molecular weight excluding hydrogens is 274 g/mol. The molecular formula is C11H14BrNO3. The normalized spacial score (nSPS) is 11.2. The molecule has 3 N–H and O–H groups in total. The summed E-state index contributed by atoms with van der Waals surface area (Å²) in [7, 11) is 0. The van der Waals surface area contributed by atoms with Gasteiger partial charge >= 0.3 is 0 Å². The Bertz CT molecular complexity index is 399. The lowest BCUT2D eigenvalue weighted by molar-refractivity contribution is 0.0694. The molecule has 88 valence electrons. The molecule has 16 heavy (non-hydrogen) atoms. The molecule has 0 fully saturated rings. The molecule has 0 bridgehead atoms. The van der Waals surface area contributed by atoms with Crippen molar-refractivity contribution in [1.29, 1.82) is 0 Å². The van der Waals surface area contributed by atoms with Gasteiger partial charge in [0.2, 0.25) is 0 Å². The van der Waals surface area contributed by atoms with Crippen LogP contribution in [-0.2, 0) is 0 Å². The Balaban J connectivity index is 2.70. The van der Waals surface area contributed by atoms with Crippen LogP contribution in [0.5, 0.6) is 5.75 Å². The molecule has 0 aliphatic heterocycles. The van der Waals surface area contributed by atoms with Crippen molar-refractivity contribution in [3.63, 3.8) is 0 Å². The number of nitrogens with one attached hydrogen (secondary N) is 1. The van der Waals surface area contributed by atoms with Crippen LogP contribution >= 0.6 is 15.9 Å². The van der Waals surface area contributed by atoms with E-state index in [0.29, 0.717) is 10.0 Å². The number of carbonyl (C=O) groups excluding carboxylic acids is 1. The number of phenols is 1. The van der Waals surface area contributed by atoms with Crippen LogP contribution in [0.1, 0.15) is 24.2 Å². The highest BCUT2D eigenvalue weighted by atomic mass is 79.9. The third-order valence-corrected chi connectivity index (χ3v) is 2.56. The van der Waals surface area contributed by atoms with Gasteiger partial charge in [0.1, 0.15) is 5.75 Å². The standard InChI is InChI=1S/C11H14BrNO3/c1-11(2,16)6-13-10(15)7-3-4-8(12)9(14)5-7/h3-5,14,16H,6H2,1-2H3,(H,13,15). The second-order valence-corrected chi connectivity index (χ2v) is 5.02. The number of rotatable bonds is 3. The van der Waals surface area contributed by atoms with E-state index >= 15 is 0 Å². The molecule has 1 amide bonds. The third-order valence-electron chi connectivity index (χ3n) is 1.89. The van der Waals surface area contributed by atoms with Gasteiger partial charge in [-0.2, -0.15) is 0 Å². The molecule has 1 rings (SSSR count). The number of aliphatic hydroxyl groups is 1. The average molecular weight is 288 g/mol. The zero-order valence-corrected chi connectivity index (χ0v) is 10.7. The summed E-state index contributed by atoms with van der Waals surface area (Å²) in [6.45, 7) is 3.36. The molecule has 0 saturated heterocycles. The predicted molar refractivity (Wildman–Crippen MR) is 64.4 cm³/mol. The number of hydrogen-bond donors (Lipinski definition) is 3. The first-order valence-electron chi connectivity index (χ1n) is 4.79. The smallest absolute Gasteiger partial charge is 0.251 e. The van der Waals surface area contributed by atoms with E-state index in [0.717, 1.165) is 0 Å². The number of halogens is 1. The summed E-state index contributed by atoms with van der Waals surface area (Å²) in [4.78, 5) is 11.6. The van der Waals surface area contributed by atoms with Crippen LogP contribution in [0.15, 0.2) is 22.7 Å². The van der Waals surface area contributed by atoms with Gasteiger partial charge in [0.15, 0.2) is 0 Å². The molecule has 5 heteroatoms. The van der Waals surface area contributed by atoms with Crippen molar-refractivity contribution in [3.8, 4) is 5.75 Å². The van der Waals surface area contributed by atoms with Crippen LogP contribution in [0.25, 0.3) is 0 Å². The number of phenolic OH excluding ortho intramolecular Hbond substituents is 1. The van der Waals surface area contributed by atoms with Gasteiger partial charge in [-0.3, -0.25) is 4.79 Å². The second kappa shape index (κ2) is 4.84. The molecule has 0 unspecified atom stereocenters. The Hall–Kier alpha value is -1.07. The Kier molecular flexibility index (Phi) is 3.93. The first-order valence-corrected chi connectivity index (χ1v) is 5.58. The number of carbonyl (C=O) groups is 1. The Labute approximate surface area is 102 Å². The summed E-state index contributed by atoms with van der Waals surface area (Å²) >= 11 is 3.13. The summed E-state index contributed by atoms with van der Waals surface area (Å²) < 4.78 is 0.534. The lowest BCUT2D eigenvalue weighted by Crippen LogP contribution is -2.38. The molecule has 0 atom stereocenters. The number of hydrogen-bond acceptors (Lipinski definition) is 3. The SMILES string of the molecule is CC(C)(O)CNC(=O)c1ccc(Br)c(O)c1. The van der Waals surface area contributed by atoms with E-state index in [-0.39, 0.29) is 18.2 Å². The number of amides is 1. The largest absolute Gasteiger partial charge is 0.507 e. The summed E-state index contributed by atoms with van der Waals surface area (Å²) in [6.07, 6.45) is 0. The van der Waals surface area contributed by atoms with Crippen molar-refractivity contribution in [2.75, 3.05) is 6.54 Å². The first kappa shape index (κ1) is 13.0. The maximum atomic E-state index is 11.6. The lowest BCUT2D eigenvalue weighted by atomic mass is 10.1. The van der Waals surface area contributed by atoms with Gasteiger partial charge in [-0.1, -0.05) is 0 Å². The minimum absolute atomic E-state index is 0.0101. The quantitative estimate of drug-likeness (QED) is 0.792. The topological polar surface area (TPSA) is 69.6 Å². The highest BCUT2D eigenvalue weighted by molar-refractivity contribution is 9.10. The van der Waals surface area contributed by atoms with E-state index in [9.17, 15) is 15.0 Å². The van der Waals surface area contributed by atoms with Gasteiger partial charge in [-0.05, 0) is 48.0 Å². The number of benzene rings is 1. The molecule has 0 aliphatic rings.